The molecular weight excluding hydrogens is 594 g/mol. The largest absolute Gasteiger partial charge is 0.471 e. The number of aliphatic hydroxyl groups excluding tert-OH is 1. The van der Waals surface area contributed by atoms with E-state index in [0.717, 1.165) is 32.1 Å². The Morgan fingerprint density at radius 1 is 0.830 bits per heavy atom. The summed E-state index contributed by atoms with van der Waals surface area (Å²) in [5, 5.41) is 14.3. The molecule has 276 valence electrons. The van der Waals surface area contributed by atoms with Gasteiger partial charge in [-0.2, -0.15) is 0 Å². The third-order valence-electron chi connectivity index (χ3n) is 9.06. The van der Waals surface area contributed by atoms with Crippen LogP contribution in [-0.4, -0.2) is 75.2 Å². The topological polar surface area (TPSA) is 95.5 Å². The van der Waals surface area contributed by atoms with Gasteiger partial charge in [-0.15, -0.1) is 0 Å². The molecule has 1 fully saturated rings. The van der Waals surface area contributed by atoms with Crippen molar-refractivity contribution < 1.29 is 33.6 Å². The van der Waals surface area contributed by atoms with Gasteiger partial charge in [0, 0.05) is 27.2 Å². The summed E-state index contributed by atoms with van der Waals surface area (Å²) in [4.78, 5) is 13.1. The van der Waals surface area contributed by atoms with Gasteiger partial charge in [0.25, 0.3) is 0 Å². The van der Waals surface area contributed by atoms with Crippen LogP contribution in [0.3, 0.4) is 0 Å². The third kappa shape index (κ3) is 21.3. The molecule has 1 aliphatic rings. The van der Waals surface area contributed by atoms with Gasteiger partial charge in [-0.05, 0) is 51.9 Å². The predicted octanol–water partition coefficient (Wildman–Crippen LogP) is 8.94. The third-order valence-corrected chi connectivity index (χ3v) is 9.06. The number of nitrogens with one attached hydrogen (secondary N) is 1. The Bertz CT molecular complexity index is 776. The number of aliphatic hydroxyl groups is 1. The highest BCUT2D eigenvalue weighted by Gasteiger charge is 2.47. The monoisotopic (exact) mass is 668 g/mol. The van der Waals surface area contributed by atoms with Gasteiger partial charge < -0.3 is 34.1 Å². The van der Waals surface area contributed by atoms with Crippen molar-refractivity contribution in [3.8, 4) is 0 Å². The average Bonchev–Trinajstić information content (AvgIpc) is 3.07. The second-order valence-electron chi connectivity index (χ2n) is 13.2. The van der Waals surface area contributed by atoms with Crippen LogP contribution in [0.5, 0.6) is 0 Å². The van der Waals surface area contributed by atoms with Crippen molar-refractivity contribution in [2.24, 2.45) is 0 Å². The van der Waals surface area contributed by atoms with Crippen molar-refractivity contribution in [2.45, 2.75) is 192 Å². The van der Waals surface area contributed by atoms with E-state index in [0.29, 0.717) is 19.4 Å². The van der Waals surface area contributed by atoms with Gasteiger partial charge in [-0.1, -0.05) is 116 Å². The first-order valence-corrected chi connectivity index (χ1v) is 19.2. The maximum atomic E-state index is 13.1. The maximum Gasteiger partial charge on any atom is 0.222 e. The van der Waals surface area contributed by atoms with Crippen molar-refractivity contribution in [2.75, 3.05) is 27.4 Å². The number of unbranched alkanes of at least 4 members (excludes halogenated alkanes) is 15. The van der Waals surface area contributed by atoms with Gasteiger partial charge in [0.05, 0.1) is 19.0 Å². The minimum absolute atomic E-state index is 0.0815. The summed E-state index contributed by atoms with van der Waals surface area (Å²) >= 11 is 0. The fourth-order valence-electron chi connectivity index (χ4n) is 6.15. The number of carbonyl (C=O) groups excluding carboxylic acids is 1. The van der Waals surface area contributed by atoms with Gasteiger partial charge in [-0.3, -0.25) is 4.79 Å². The van der Waals surface area contributed by atoms with E-state index in [1.165, 1.54) is 89.9 Å². The van der Waals surface area contributed by atoms with E-state index in [2.05, 4.69) is 31.3 Å². The molecule has 8 heteroatoms. The van der Waals surface area contributed by atoms with Crippen molar-refractivity contribution >= 4 is 5.91 Å². The molecule has 8 nitrogen and oxygen atoms in total. The molecule has 0 radical (unpaired) electrons. The normalized spacial score (nSPS) is 22.3. The second kappa shape index (κ2) is 30.6. The van der Waals surface area contributed by atoms with E-state index in [1.54, 1.807) is 26.6 Å². The molecule has 1 saturated heterocycles. The van der Waals surface area contributed by atoms with Gasteiger partial charge in [0.1, 0.15) is 24.4 Å². The number of carbonyl (C=O) groups is 1. The Morgan fingerprint density at radius 2 is 1.43 bits per heavy atom. The molecule has 1 aliphatic heterocycles. The van der Waals surface area contributed by atoms with Crippen LogP contribution in [0.25, 0.3) is 0 Å². The molecule has 2 N–H and O–H groups in total. The van der Waals surface area contributed by atoms with Crippen LogP contribution in [0.4, 0.5) is 0 Å². The molecule has 4 unspecified atom stereocenters. The van der Waals surface area contributed by atoms with E-state index >= 15 is 0 Å². The predicted molar refractivity (Wildman–Crippen MR) is 192 cm³/mol. The molecular formula is C39H73NO7. The number of allylic oxidation sites excluding steroid dienone is 3. The van der Waals surface area contributed by atoms with E-state index in [4.69, 9.17) is 23.7 Å². The molecule has 1 heterocycles. The number of hydrogen-bond acceptors (Lipinski definition) is 7. The molecule has 6 atom stereocenters. The molecule has 47 heavy (non-hydrogen) atoms. The SMILES string of the molecule is C/C=C\O[C@H]1OC(COC)[C@@H](O)C(OCCC(CCCCCCC)OC)C1NC(=O)CCCCCCCCC/C=C\CCCCCC. The molecule has 0 aromatic carbocycles. The first-order valence-electron chi connectivity index (χ1n) is 19.2. The van der Waals surface area contributed by atoms with Crippen LogP contribution >= 0.6 is 0 Å². The fourth-order valence-corrected chi connectivity index (χ4v) is 6.15. The van der Waals surface area contributed by atoms with Crippen LogP contribution in [0.15, 0.2) is 24.5 Å². The molecule has 0 spiro atoms. The Hall–Kier alpha value is -1.45. The number of hydrogen-bond donors (Lipinski definition) is 2. The number of rotatable bonds is 31. The smallest absolute Gasteiger partial charge is 0.222 e. The zero-order valence-electron chi connectivity index (χ0n) is 30.9. The number of amides is 1. The van der Waals surface area contributed by atoms with E-state index in [1.807, 2.05) is 6.92 Å². The zero-order chi connectivity index (χ0) is 34.4. The van der Waals surface area contributed by atoms with E-state index < -0.39 is 30.6 Å². The van der Waals surface area contributed by atoms with Gasteiger partial charge in [0.15, 0.2) is 0 Å². The minimum atomic E-state index is -0.984. The average molecular weight is 668 g/mol. The minimum Gasteiger partial charge on any atom is -0.471 e. The first-order chi connectivity index (χ1) is 23.0. The Labute approximate surface area is 288 Å². The van der Waals surface area contributed by atoms with Gasteiger partial charge in [-0.25, -0.2) is 0 Å². The van der Waals surface area contributed by atoms with E-state index in [9.17, 15) is 9.90 Å². The second-order valence-corrected chi connectivity index (χ2v) is 13.2. The van der Waals surface area contributed by atoms with Crippen LogP contribution in [0.1, 0.15) is 156 Å². The Morgan fingerprint density at radius 3 is 2.04 bits per heavy atom. The van der Waals surface area contributed by atoms with Crippen molar-refractivity contribution in [3.05, 3.63) is 24.5 Å². The Balaban J connectivity index is 2.53. The molecule has 0 aromatic heterocycles. The number of methoxy groups -OCH3 is 2. The fraction of sp³-hybridized carbons (Fsp3) is 0.872. The summed E-state index contributed by atoms with van der Waals surface area (Å²) in [5.74, 6) is -0.0815. The van der Waals surface area contributed by atoms with Crippen molar-refractivity contribution in [3.63, 3.8) is 0 Å². The summed E-state index contributed by atoms with van der Waals surface area (Å²) < 4.78 is 29.3. The standard InChI is InChI=1S/C39H73NO7/c1-6-9-11-13-14-15-16-17-18-19-20-21-22-24-26-28-35(41)40-36-38(37(42)34(32-43-4)47-39(36)46-30-8-3)45-31-29-33(44-5)27-25-23-12-10-7-2/h8,15-16,30,33-34,36-39,42H,6-7,9-14,17-29,31-32H2,1-5H3,(H,40,41)/b16-15-,30-8-/t33?,34?,36?,37-,38?,39+/m1/s1. The summed E-state index contributed by atoms with van der Waals surface area (Å²) in [6, 6.07) is -0.665. The summed E-state index contributed by atoms with van der Waals surface area (Å²) in [5.41, 5.74) is 0. The maximum absolute atomic E-state index is 13.1. The van der Waals surface area contributed by atoms with Gasteiger partial charge >= 0.3 is 0 Å². The Kier molecular flexibility index (Phi) is 28.4. The van der Waals surface area contributed by atoms with Crippen molar-refractivity contribution in [1.82, 2.24) is 5.32 Å². The molecule has 0 saturated carbocycles. The van der Waals surface area contributed by atoms with Crippen LogP contribution in [-0.2, 0) is 28.5 Å². The van der Waals surface area contributed by atoms with E-state index in [-0.39, 0.29) is 18.6 Å². The van der Waals surface area contributed by atoms with Crippen LogP contribution in [0.2, 0.25) is 0 Å². The molecule has 0 bridgehead atoms. The summed E-state index contributed by atoms with van der Waals surface area (Å²) in [6.07, 6.45) is 28.9. The lowest BCUT2D eigenvalue weighted by Gasteiger charge is -2.44. The number of ether oxygens (including phenoxy) is 5. The summed E-state index contributed by atoms with van der Waals surface area (Å²) in [6.45, 7) is 6.91. The molecule has 1 rings (SSSR count). The highest BCUT2D eigenvalue weighted by molar-refractivity contribution is 5.76. The molecule has 0 aliphatic carbocycles. The summed E-state index contributed by atoms with van der Waals surface area (Å²) in [7, 11) is 3.31. The van der Waals surface area contributed by atoms with Crippen molar-refractivity contribution in [1.29, 1.82) is 0 Å². The zero-order valence-corrected chi connectivity index (χ0v) is 30.9. The van der Waals surface area contributed by atoms with Gasteiger partial charge in [0.2, 0.25) is 12.2 Å². The first kappa shape index (κ1) is 43.6. The lowest BCUT2D eigenvalue weighted by Crippen LogP contribution is -2.65. The lowest BCUT2D eigenvalue weighted by molar-refractivity contribution is -0.265. The lowest BCUT2D eigenvalue weighted by atomic mass is 9.96. The van der Waals surface area contributed by atoms with Crippen LogP contribution < -0.4 is 5.32 Å². The van der Waals surface area contributed by atoms with Crippen LogP contribution in [0, 0.1) is 0 Å². The highest BCUT2D eigenvalue weighted by atomic mass is 16.7. The quantitative estimate of drug-likeness (QED) is 0.0433. The molecule has 0 aromatic rings. The molecule has 1 amide bonds. The highest BCUT2D eigenvalue weighted by Crippen LogP contribution is 2.26.